The van der Waals surface area contributed by atoms with Crippen LogP contribution in [0.25, 0.3) is 0 Å². The summed E-state index contributed by atoms with van der Waals surface area (Å²) in [7, 11) is -4.15. The number of rotatable bonds is 4. The normalized spacial score (nSPS) is 15.6. The van der Waals surface area contributed by atoms with E-state index in [1.807, 2.05) is 0 Å². The lowest BCUT2D eigenvalue weighted by molar-refractivity contribution is 0.0976. The Kier molecular flexibility index (Phi) is 5.28. The van der Waals surface area contributed by atoms with Gasteiger partial charge in [0.05, 0.1) is 16.1 Å². The van der Waals surface area contributed by atoms with Crippen LogP contribution in [-0.4, -0.2) is 43.3 Å². The molecule has 0 bridgehead atoms. The second-order valence-corrected chi connectivity index (χ2v) is 10.1. The number of fused-ring (bicyclic) bond motifs is 2. The molecule has 0 saturated carbocycles. The third-order valence-corrected chi connectivity index (χ3v) is 7.66. The van der Waals surface area contributed by atoms with E-state index in [1.54, 1.807) is 24.3 Å². The molecule has 2 aliphatic rings. The van der Waals surface area contributed by atoms with E-state index in [-0.39, 0.29) is 27.1 Å². The minimum atomic E-state index is -4.15. The molecule has 0 radical (unpaired) electrons. The number of phenols is 2. The Morgan fingerprint density at radius 2 is 1.38 bits per heavy atom. The summed E-state index contributed by atoms with van der Waals surface area (Å²) in [6.45, 7) is 1.84. The van der Waals surface area contributed by atoms with Gasteiger partial charge < -0.3 is 15.1 Å². The second-order valence-electron chi connectivity index (χ2n) is 8.39. The van der Waals surface area contributed by atoms with Gasteiger partial charge in [-0.25, -0.2) is 8.42 Å². The number of aromatic hydroxyl groups is 2. The molecule has 0 atom stereocenters. The molecule has 1 aliphatic heterocycles. The number of ketones is 2. The van der Waals surface area contributed by atoms with Crippen molar-refractivity contribution in [1.29, 1.82) is 0 Å². The molecule has 34 heavy (non-hydrogen) atoms. The Morgan fingerprint density at radius 3 is 2.03 bits per heavy atom. The fourth-order valence-electron chi connectivity index (χ4n) is 4.50. The molecule has 9 heteroatoms. The summed E-state index contributed by atoms with van der Waals surface area (Å²) >= 11 is 0. The summed E-state index contributed by atoms with van der Waals surface area (Å²) in [5, 5.41) is 21.0. The molecule has 1 fully saturated rings. The van der Waals surface area contributed by atoms with Crippen LogP contribution in [0.2, 0.25) is 0 Å². The Morgan fingerprint density at radius 1 is 0.765 bits per heavy atom. The number of benzene rings is 3. The van der Waals surface area contributed by atoms with Gasteiger partial charge >= 0.3 is 0 Å². The van der Waals surface area contributed by atoms with Crippen molar-refractivity contribution in [2.24, 2.45) is 0 Å². The quantitative estimate of drug-likeness (QED) is 0.382. The lowest BCUT2D eigenvalue weighted by Gasteiger charge is -2.28. The van der Waals surface area contributed by atoms with E-state index in [4.69, 9.17) is 0 Å². The van der Waals surface area contributed by atoms with Gasteiger partial charge in [-0.2, -0.15) is 0 Å². The molecule has 5 rings (SSSR count). The summed E-state index contributed by atoms with van der Waals surface area (Å²) in [5.74, 6) is -2.84. The summed E-state index contributed by atoms with van der Waals surface area (Å²) in [4.78, 5) is 28.0. The molecule has 8 nitrogen and oxygen atoms in total. The van der Waals surface area contributed by atoms with Gasteiger partial charge in [0.15, 0.2) is 23.1 Å². The molecule has 174 valence electrons. The average molecular weight is 479 g/mol. The summed E-state index contributed by atoms with van der Waals surface area (Å²) in [6, 6.07) is 13.6. The van der Waals surface area contributed by atoms with Crippen LogP contribution in [0.15, 0.2) is 59.5 Å². The molecule has 1 aliphatic carbocycles. The van der Waals surface area contributed by atoms with Gasteiger partial charge in [-0.1, -0.05) is 24.3 Å². The van der Waals surface area contributed by atoms with Gasteiger partial charge in [-0.15, -0.1) is 0 Å². The van der Waals surface area contributed by atoms with Crippen LogP contribution in [0.1, 0.15) is 51.1 Å². The van der Waals surface area contributed by atoms with Crippen LogP contribution < -0.4 is 9.62 Å². The third-order valence-electron chi connectivity index (χ3n) is 6.27. The van der Waals surface area contributed by atoms with Gasteiger partial charge in [-0.05, 0) is 49.6 Å². The number of nitrogens with zero attached hydrogens (tertiary/aromatic N) is 1. The van der Waals surface area contributed by atoms with Crippen LogP contribution in [0, 0.1) is 0 Å². The molecule has 0 amide bonds. The SMILES string of the molecule is O=C1c2ccccc2C(=O)c2c1cc(NS(=O)(=O)c1ccc(N3CCCCC3)cc1)c(O)c2O. The number of nitrogens with one attached hydrogen (secondary N) is 1. The zero-order valence-corrected chi connectivity index (χ0v) is 18.9. The van der Waals surface area contributed by atoms with Crippen molar-refractivity contribution in [3.05, 3.63) is 76.9 Å². The first kappa shape index (κ1) is 22.0. The van der Waals surface area contributed by atoms with E-state index in [0.29, 0.717) is 0 Å². The number of piperidine rings is 1. The molecule has 0 spiro atoms. The molecule has 0 aromatic heterocycles. The fraction of sp³-hybridized carbons (Fsp3) is 0.200. The van der Waals surface area contributed by atoms with E-state index < -0.39 is 38.8 Å². The molecule has 3 aromatic rings. The summed E-state index contributed by atoms with van der Waals surface area (Å²) < 4.78 is 28.2. The molecule has 3 N–H and O–H groups in total. The number of sulfonamides is 1. The first-order chi connectivity index (χ1) is 16.3. The van der Waals surface area contributed by atoms with Gasteiger partial charge in [0.25, 0.3) is 10.0 Å². The van der Waals surface area contributed by atoms with Crippen LogP contribution in [0.4, 0.5) is 11.4 Å². The van der Waals surface area contributed by atoms with E-state index in [0.717, 1.165) is 37.7 Å². The first-order valence-electron chi connectivity index (χ1n) is 10.9. The maximum atomic E-state index is 13.0. The number of hydrogen-bond donors (Lipinski definition) is 3. The lowest BCUT2D eigenvalue weighted by atomic mass is 9.83. The van der Waals surface area contributed by atoms with Crippen molar-refractivity contribution in [3.8, 4) is 11.5 Å². The summed E-state index contributed by atoms with van der Waals surface area (Å²) in [6.07, 6.45) is 3.37. The Balaban J connectivity index is 1.48. The van der Waals surface area contributed by atoms with Crippen molar-refractivity contribution in [2.75, 3.05) is 22.7 Å². The molecular formula is C25H22N2O6S. The van der Waals surface area contributed by atoms with Gasteiger partial charge in [-0.3, -0.25) is 14.3 Å². The van der Waals surface area contributed by atoms with Crippen LogP contribution in [0.5, 0.6) is 11.5 Å². The van der Waals surface area contributed by atoms with Crippen LogP contribution in [0.3, 0.4) is 0 Å². The fourth-order valence-corrected chi connectivity index (χ4v) is 5.55. The number of carbonyl (C=O) groups is 2. The van der Waals surface area contributed by atoms with Gasteiger partial charge in [0, 0.05) is 35.5 Å². The van der Waals surface area contributed by atoms with E-state index in [9.17, 15) is 28.2 Å². The zero-order valence-electron chi connectivity index (χ0n) is 18.1. The first-order valence-corrected chi connectivity index (χ1v) is 12.4. The molecule has 3 aromatic carbocycles. The minimum absolute atomic E-state index is 0.0439. The van der Waals surface area contributed by atoms with E-state index >= 15 is 0 Å². The predicted molar refractivity (Wildman–Crippen MR) is 126 cm³/mol. The monoisotopic (exact) mass is 478 g/mol. The Labute approximate surface area is 196 Å². The molecule has 0 unspecified atom stereocenters. The predicted octanol–water partition coefficient (Wildman–Crippen LogP) is 3.66. The number of anilines is 2. The number of carbonyl (C=O) groups excluding carboxylic acids is 2. The Bertz CT molecular complexity index is 1420. The zero-order chi connectivity index (χ0) is 24.0. The number of phenolic OH excluding ortho intramolecular Hbond substituents is 2. The van der Waals surface area contributed by atoms with E-state index in [1.165, 1.54) is 30.7 Å². The van der Waals surface area contributed by atoms with Crippen molar-refractivity contribution < 1.29 is 28.2 Å². The number of hydrogen-bond acceptors (Lipinski definition) is 7. The molecule has 1 saturated heterocycles. The Hall–Kier alpha value is -3.85. The topological polar surface area (TPSA) is 124 Å². The highest BCUT2D eigenvalue weighted by atomic mass is 32.2. The molecule has 1 heterocycles. The smallest absolute Gasteiger partial charge is 0.262 e. The highest BCUT2D eigenvalue weighted by Gasteiger charge is 2.35. The van der Waals surface area contributed by atoms with Crippen LogP contribution in [-0.2, 0) is 10.0 Å². The highest BCUT2D eigenvalue weighted by Crippen LogP contribution is 2.43. The minimum Gasteiger partial charge on any atom is -0.504 e. The third kappa shape index (κ3) is 3.58. The maximum Gasteiger partial charge on any atom is 0.262 e. The lowest BCUT2D eigenvalue weighted by Crippen LogP contribution is -2.29. The summed E-state index contributed by atoms with van der Waals surface area (Å²) in [5.41, 5.74) is 0.254. The van der Waals surface area contributed by atoms with Crippen molar-refractivity contribution in [2.45, 2.75) is 24.2 Å². The van der Waals surface area contributed by atoms with E-state index in [2.05, 4.69) is 9.62 Å². The van der Waals surface area contributed by atoms with Crippen molar-refractivity contribution in [3.63, 3.8) is 0 Å². The average Bonchev–Trinajstić information content (AvgIpc) is 2.86. The maximum absolute atomic E-state index is 13.0. The molecular weight excluding hydrogens is 456 g/mol. The van der Waals surface area contributed by atoms with Crippen molar-refractivity contribution in [1.82, 2.24) is 0 Å². The standard InChI is InChI=1S/C25H22N2O6S/c28-22-17-6-2-3-7-18(17)23(29)21-19(22)14-20(24(30)25(21)31)26-34(32,33)16-10-8-15(9-11-16)27-12-4-1-5-13-27/h2-3,6-11,14,26,30-31H,1,4-5,12-13H2. The van der Waals surface area contributed by atoms with Gasteiger partial charge in [0.1, 0.15) is 0 Å². The second kappa shape index (κ2) is 8.18. The largest absolute Gasteiger partial charge is 0.504 e. The van der Waals surface area contributed by atoms with Crippen LogP contribution >= 0.6 is 0 Å². The van der Waals surface area contributed by atoms with Gasteiger partial charge in [0.2, 0.25) is 0 Å². The highest BCUT2D eigenvalue weighted by molar-refractivity contribution is 7.92. The van der Waals surface area contributed by atoms with Crippen molar-refractivity contribution >= 4 is 33.0 Å².